The average molecular weight is 447 g/mol. The molecule has 8 heteroatoms. The first kappa shape index (κ1) is 23.4. The first-order valence-electron chi connectivity index (χ1n) is 10.4. The maximum Gasteiger partial charge on any atom is 0.387 e. The summed E-state index contributed by atoms with van der Waals surface area (Å²) in [4.78, 5) is 14.8. The van der Waals surface area contributed by atoms with Crippen LogP contribution in [0.25, 0.3) is 6.08 Å². The van der Waals surface area contributed by atoms with Crippen molar-refractivity contribution in [2.24, 2.45) is 0 Å². The molecule has 2 aromatic rings. The lowest BCUT2D eigenvalue weighted by molar-refractivity contribution is -0.126. The van der Waals surface area contributed by atoms with Crippen LogP contribution in [0.5, 0.6) is 23.0 Å². The Kier molecular flexibility index (Phi) is 7.92. The number of halogens is 2. The van der Waals surface area contributed by atoms with Crippen molar-refractivity contribution in [2.45, 2.75) is 32.4 Å². The van der Waals surface area contributed by atoms with E-state index >= 15 is 0 Å². The predicted molar refractivity (Wildman–Crippen MR) is 117 cm³/mol. The third-order valence-corrected chi connectivity index (χ3v) is 5.23. The number of carbonyl (C=O) groups is 1. The molecule has 1 atom stereocenters. The summed E-state index contributed by atoms with van der Waals surface area (Å²) in [6.07, 6.45) is 4.80. The van der Waals surface area contributed by atoms with Gasteiger partial charge in [-0.2, -0.15) is 8.78 Å². The highest BCUT2D eigenvalue weighted by molar-refractivity contribution is 5.92. The summed E-state index contributed by atoms with van der Waals surface area (Å²) in [5, 5.41) is 0. The zero-order valence-corrected chi connectivity index (χ0v) is 18.3. The summed E-state index contributed by atoms with van der Waals surface area (Å²) in [6.45, 7) is -0.278. The quantitative estimate of drug-likeness (QED) is 0.502. The molecule has 32 heavy (non-hydrogen) atoms. The Bertz CT molecular complexity index is 963. The van der Waals surface area contributed by atoms with Crippen LogP contribution < -0.4 is 18.9 Å². The number of methoxy groups -OCH3 is 2. The van der Waals surface area contributed by atoms with E-state index in [1.807, 2.05) is 18.2 Å². The normalized spacial score (nSPS) is 15.9. The molecule has 3 rings (SSSR count). The second-order valence-electron chi connectivity index (χ2n) is 7.15. The third-order valence-electron chi connectivity index (χ3n) is 5.23. The lowest BCUT2D eigenvalue weighted by Gasteiger charge is -2.25. The van der Waals surface area contributed by atoms with Gasteiger partial charge in [-0.05, 0) is 61.7 Å². The predicted octanol–water partition coefficient (Wildman–Crippen LogP) is 5.08. The van der Waals surface area contributed by atoms with Gasteiger partial charge in [-0.3, -0.25) is 4.79 Å². The molecule has 172 valence electrons. The van der Waals surface area contributed by atoms with Gasteiger partial charge in [0.2, 0.25) is 5.91 Å². The highest BCUT2D eigenvalue weighted by atomic mass is 19.3. The van der Waals surface area contributed by atoms with Gasteiger partial charge in [0.05, 0.1) is 26.9 Å². The van der Waals surface area contributed by atoms with E-state index < -0.39 is 6.61 Å². The summed E-state index contributed by atoms with van der Waals surface area (Å²) >= 11 is 0. The summed E-state index contributed by atoms with van der Waals surface area (Å²) in [6, 6.07) is 9.99. The Balaban J connectivity index is 1.80. The molecule has 0 spiro atoms. The van der Waals surface area contributed by atoms with E-state index in [2.05, 4.69) is 4.74 Å². The minimum absolute atomic E-state index is 0.0462. The number of amides is 1. The van der Waals surface area contributed by atoms with Crippen LogP contribution in [0, 0.1) is 0 Å². The fraction of sp³-hybridized carbons (Fsp3) is 0.375. The monoisotopic (exact) mass is 447 g/mol. The first-order chi connectivity index (χ1) is 15.5. The van der Waals surface area contributed by atoms with Gasteiger partial charge in [-0.1, -0.05) is 6.07 Å². The van der Waals surface area contributed by atoms with E-state index in [4.69, 9.17) is 14.2 Å². The first-order valence-corrected chi connectivity index (χ1v) is 10.4. The number of likely N-dealkylation sites (tertiary alicyclic amines) is 1. The molecule has 1 fully saturated rings. The summed E-state index contributed by atoms with van der Waals surface area (Å²) in [5.74, 6) is 1.40. The van der Waals surface area contributed by atoms with Crippen LogP contribution in [0.1, 0.15) is 36.9 Å². The number of ether oxygens (including phenoxy) is 4. The fourth-order valence-electron chi connectivity index (χ4n) is 3.81. The van der Waals surface area contributed by atoms with Gasteiger partial charge >= 0.3 is 6.61 Å². The molecule has 0 aliphatic carbocycles. The third kappa shape index (κ3) is 5.49. The second kappa shape index (κ2) is 10.8. The molecule has 0 aromatic heterocycles. The van der Waals surface area contributed by atoms with E-state index in [-0.39, 0.29) is 23.4 Å². The SMILES string of the molecule is CCOc1cc(/C=C/C(=O)N2CCCC2c2cc(OC)ccc2OC)ccc1OC(F)F. The Morgan fingerprint density at radius 1 is 1.12 bits per heavy atom. The van der Waals surface area contributed by atoms with Gasteiger partial charge < -0.3 is 23.8 Å². The van der Waals surface area contributed by atoms with Crippen LogP contribution in [0.4, 0.5) is 8.78 Å². The van der Waals surface area contributed by atoms with Gasteiger partial charge in [-0.15, -0.1) is 0 Å². The largest absolute Gasteiger partial charge is 0.497 e. The van der Waals surface area contributed by atoms with Crippen molar-refractivity contribution in [2.75, 3.05) is 27.4 Å². The van der Waals surface area contributed by atoms with Crippen molar-refractivity contribution in [3.05, 3.63) is 53.6 Å². The van der Waals surface area contributed by atoms with Crippen molar-refractivity contribution in [1.82, 2.24) is 4.90 Å². The van der Waals surface area contributed by atoms with E-state index in [9.17, 15) is 13.6 Å². The Labute approximate surface area is 186 Å². The molecule has 0 N–H and O–H groups in total. The molecule has 1 unspecified atom stereocenters. The van der Waals surface area contributed by atoms with E-state index in [0.717, 1.165) is 18.4 Å². The zero-order valence-electron chi connectivity index (χ0n) is 18.3. The van der Waals surface area contributed by atoms with Gasteiger partial charge in [0.15, 0.2) is 11.5 Å². The number of carbonyl (C=O) groups excluding carboxylic acids is 1. The number of rotatable bonds is 9. The molecule has 0 bridgehead atoms. The van der Waals surface area contributed by atoms with Crippen molar-refractivity contribution in [1.29, 1.82) is 0 Å². The van der Waals surface area contributed by atoms with Gasteiger partial charge in [0.25, 0.3) is 0 Å². The average Bonchev–Trinajstić information content (AvgIpc) is 3.28. The summed E-state index contributed by atoms with van der Waals surface area (Å²) < 4.78 is 45.9. The molecule has 1 aliphatic rings. The number of benzene rings is 2. The highest BCUT2D eigenvalue weighted by Crippen LogP contribution is 2.39. The molecule has 1 aliphatic heterocycles. The Morgan fingerprint density at radius 2 is 1.91 bits per heavy atom. The fourth-order valence-corrected chi connectivity index (χ4v) is 3.81. The van der Waals surface area contributed by atoms with Crippen LogP contribution in [0.15, 0.2) is 42.5 Å². The Hall–Kier alpha value is -3.29. The minimum Gasteiger partial charge on any atom is -0.497 e. The number of nitrogens with zero attached hydrogens (tertiary/aromatic N) is 1. The molecule has 1 heterocycles. The maximum atomic E-state index is 13.0. The van der Waals surface area contributed by atoms with Gasteiger partial charge in [-0.25, -0.2) is 0 Å². The van der Waals surface area contributed by atoms with Crippen LogP contribution in [-0.2, 0) is 4.79 Å². The Morgan fingerprint density at radius 3 is 2.59 bits per heavy atom. The van der Waals surface area contributed by atoms with E-state index in [1.165, 1.54) is 12.1 Å². The molecular formula is C24H27F2NO5. The van der Waals surface area contributed by atoms with Gasteiger partial charge in [0.1, 0.15) is 11.5 Å². The van der Waals surface area contributed by atoms with Crippen molar-refractivity contribution in [3.8, 4) is 23.0 Å². The van der Waals surface area contributed by atoms with Crippen LogP contribution in [0.2, 0.25) is 0 Å². The number of alkyl halides is 2. The van der Waals surface area contributed by atoms with Crippen LogP contribution >= 0.6 is 0 Å². The van der Waals surface area contributed by atoms with Crippen molar-refractivity contribution >= 4 is 12.0 Å². The second-order valence-corrected chi connectivity index (χ2v) is 7.15. The van der Waals surface area contributed by atoms with Crippen LogP contribution in [0.3, 0.4) is 0 Å². The smallest absolute Gasteiger partial charge is 0.387 e. The minimum atomic E-state index is -2.95. The lowest BCUT2D eigenvalue weighted by atomic mass is 10.0. The zero-order chi connectivity index (χ0) is 23.1. The topological polar surface area (TPSA) is 57.2 Å². The van der Waals surface area contributed by atoms with E-state index in [1.54, 1.807) is 44.3 Å². The highest BCUT2D eigenvalue weighted by Gasteiger charge is 2.31. The standard InChI is InChI=1S/C24H27F2NO5/c1-4-31-22-14-16(7-10-21(22)32-24(25)26)8-12-23(28)27-13-5-6-19(27)18-15-17(29-2)9-11-20(18)30-3/h7-12,14-15,19,24H,4-6,13H2,1-3H3/b12-8+. The summed E-state index contributed by atoms with van der Waals surface area (Å²) in [5.41, 5.74) is 1.54. The number of hydrogen-bond donors (Lipinski definition) is 0. The molecular weight excluding hydrogens is 420 g/mol. The molecule has 0 radical (unpaired) electrons. The molecule has 2 aromatic carbocycles. The molecule has 6 nitrogen and oxygen atoms in total. The number of hydrogen-bond acceptors (Lipinski definition) is 5. The van der Waals surface area contributed by atoms with E-state index in [0.29, 0.717) is 30.2 Å². The lowest BCUT2D eigenvalue weighted by Crippen LogP contribution is -2.29. The maximum absolute atomic E-state index is 13.0. The molecule has 1 saturated heterocycles. The summed E-state index contributed by atoms with van der Waals surface area (Å²) in [7, 11) is 3.20. The molecule has 0 saturated carbocycles. The van der Waals surface area contributed by atoms with Crippen LogP contribution in [-0.4, -0.2) is 44.8 Å². The van der Waals surface area contributed by atoms with Crippen molar-refractivity contribution < 1.29 is 32.5 Å². The molecule has 1 amide bonds. The van der Waals surface area contributed by atoms with Crippen molar-refractivity contribution in [3.63, 3.8) is 0 Å². The van der Waals surface area contributed by atoms with Gasteiger partial charge in [0, 0.05) is 18.2 Å².